The van der Waals surface area contributed by atoms with Gasteiger partial charge >= 0.3 is 0 Å². The second-order valence-corrected chi connectivity index (χ2v) is 6.53. The van der Waals surface area contributed by atoms with E-state index in [4.69, 9.17) is 4.52 Å². The molecule has 0 radical (unpaired) electrons. The van der Waals surface area contributed by atoms with Crippen molar-refractivity contribution in [2.24, 2.45) is 0 Å². The van der Waals surface area contributed by atoms with Crippen molar-refractivity contribution in [3.63, 3.8) is 0 Å². The molecule has 27 heavy (non-hydrogen) atoms. The van der Waals surface area contributed by atoms with Crippen molar-refractivity contribution in [2.75, 3.05) is 11.4 Å². The molecule has 1 amide bonds. The molecule has 0 saturated carbocycles. The van der Waals surface area contributed by atoms with Gasteiger partial charge in [-0.05, 0) is 55.3 Å². The monoisotopic (exact) mass is 369 g/mol. The van der Waals surface area contributed by atoms with Gasteiger partial charge in [-0.15, -0.1) is 0 Å². The maximum Gasteiger partial charge on any atom is 0.257 e. The molecule has 1 atom stereocenters. The molecule has 4 rings (SSSR count). The fraction of sp³-hybridized carbons (Fsp3) is 0.250. The third-order valence-corrected chi connectivity index (χ3v) is 4.67. The van der Waals surface area contributed by atoms with Crippen molar-refractivity contribution < 1.29 is 18.1 Å². The number of rotatable bonds is 3. The van der Waals surface area contributed by atoms with Gasteiger partial charge in [0.2, 0.25) is 5.91 Å². The van der Waals surface area contributed by atoms with Gasteiger partial charge in [0.15, 0.2) is 5.82 Å². The lowest BCUT2D eigenvalue weighted by molar-refractivity contribution is -0.118. The first-order chi connectivity index (χ1) is 13.1. The number of hydrogen-bond donors (Lipinski definition) is 0. The predicted molar refractivity (Wildman–Crippen MR) is 95.0 cm³/mol. The Balaban J connectivity index is 1.52. The van der Waals surface area contributed by atoms with Crippen LogP contribution in [0.2, 0.25) is 0 Å². The van der Waals surface area contributed by atoms with E-state index in [2.05, 4.69) is 10.1 Å². The standard InChI is InChI=1S/C20H17F2N3O2/c21-15-8-6-13(7-9-15)20-23-19(24-27-20)14-3-2-10-25(18(26)11-14)17-5-1-4-16(22)12-17/h1,4-9,12,14H,2-3,10-11H2. The van der Waals surface area contributed by atoms with Crippen LogP contribution in [-0.2, 0) is 4.79 Å². The van der Waals surface area contributed by atoms with Crippen LogP contribution in [0.5, 0.6) is 0 Å². The molecule has 3 aromatic rings. The average Bonchev–Trinajstić information content (AvgIpc) is 3.06. The second-order valence-electron chi connectivity index (χ2n) is 6.53. The molecule has 0 N–H and O–H groups in total. The van der Waals surface area contributed by atoms with Gasteiger partial charge in [-0.2, -0.15) is 4.98 Å². The van der Waals surface area contributed by atoms with Gasteiger partial charge in [-0.1, -0.05) is 11.2 Å². The van der Waals surface area contributed by atoms with E-state index in [0.29, 0.717) is 29.5 Å². The Hall–Kier alpha value is -3.09. The Morgan fingerprint density at radius 2 is 1.89 bits per heavy atom. The highest BCUT2D eigenvalue weighted by atomic mass is 19.1. The summed E-state index contributed by atoms with van der Waals surface area (Å²) >= 11 is 0. The van der Waals surface area contributed by atoms with E-state index >= 15 is 0 Å². The summed E-state index contributed by atoms with van der Waals surface area (Å²) in [6.45, 7) is 0.515. The Kier molecular flexibility index (Phi) is 4.66. The molecular formula is C20H17F2N3O2. The highest BCUT2D eigenvalue weighted by Crippen LogP contribution is 2.30. The second kappa shape index (κ2) is 7.26. The molecule has 1 saturated heterocycles. The fourth-order valence-corrected chi connectivity index (χ4v) is 3.29. The van der Waals surface area contributed by atoms with Crippen molar-refractivity contribution in [3.05, 3.63) is 66.0 Å². The van der Waals surface area contributed by atoms with Gasteiger partial charge in [0.25, 0.3) is 5.89 Å². The first-order valence-electron chi connectivity index (χ1n) is 8.75. The topological polar surface area (TPSA) is 59.2 Å². The van der Waals surface area contributed by atoms with E-state index in [0.717, 1.165) is 12.8 Å². The summed E-state index contributed by atoms with van der Waals surface area (Å²) < 4.78 is 31.8. The molecule has 1 aliphatic heterocycles. The number of anilines is 1. The molecule has 7 heteroatoms. The van der Waals surface area contributed by atoms with E-state index in [1.165, 1.54) is 24.3 Å². The summed E-state index contributed by atoms with van der Waals surface area (Å²) in [5, 5.41) is 4.02. The number of carbonyl (C=O) groups excluding carboxylic acids is 1. The van der Waals surface area contributed by atoms with Crippen molar-refractivity contribution in [1.82, 2.24) is 10.1 Å². The van der Waals surface area contributed by atoms with Crippen molar-refractivity contribution >= 4 is 11.6 Å². The van der Waals surface area contributed by atoms with Crippen molar-refractivity contribution in [3.8, 4) is 11.5 Å². The summed E-state index contributed by atoms with van der Waals surface area (Å²) in [5.74, 6) is -0.230. The summed E-state index contributed by atoms with van der Waals surface area (Å²) in [5.41, 5.74) is 1.18. The van der Waals surface area contributed by atoms with E-state index < -0.39 is 0 Å². The van der Waals surface area contributed by atoms with Crippen molar-refractivity contribution in [1.29, 1.82) is 0 Å². The molecule has 138 valence electrons. The molecule has 0 spiro atoms. The Morgan fingerprint density at radius 3 is 2.67 bits per heavy atom. The summed E-state index contributed by atoms with van der Waals surface area (Å²) in [7, 11) is 0. The van der Waals surface area contributed by atoms with E-state index in [9.17, 15) is 13.6 Å². The summed E-state index contributed by atoms with van der Waals surface area (Å²) in [4.78, 5) is 18.7. The quantitative estimate of drug-likeness (QED) is 0.690. The normalized spacial score (nSPS) is 17.8. The lowest BCUT2D eigenvalue weighted by Gasteiger charge is -2.20. The first-order valence-corrected chi connectivity index (χ1v) is 8.75. The number of nitrogens with zero attached hydrogens (tertiary/aromatic N) is 3. The minimum absolute atomic E-state index is 0.101. The van der Waals surface area contributed by atoms with Gasteiger partial charge in [-0.3, -0.25) is 4.79 Å². The van der Waals surface area contributed by atoms with Crippen LogP contribution in [0.3, 0.4) is 0 Å². The number of halogens is 2. The molecule has 1 aromatic heterocycles. The van der Waals surface area contributed by atoms with E-state index in [-0.39, 0.29) is 29.9 Å². The molecule has 2 heterocycles. The minimum Gasteiger partial charge on any atom is -0.334 e. The smallest absolute Gasteiger partial charge is 0.257 e. The van der Waals surface area contributed by atoms with Gasteiger partial charge in [0, 0.05) is 30.1 Å². The number of carbonyl (C=O) groups is 1. The zero-order chi connectivity index (χ0) is 18.8. The van der Waals surface area contributed by atoms with Crippen LogP contribution in [0.25, 0.3) is 11.5 Å². The Bertz CT molecular complexity index is 956. The highest BCUT2D eigenvalue weighted by molar-refractivity contribution is 5.94. The van der Waals surface area contributed by atoms with Crippen LogP contribution in [0.4, 0.5) is 14.5 Å². The largest absolute Gasteiger partial charge is 0.334 e. The molecule has 0 aliphatic carbocycles. The zero-order valence-electron chi connectivity index (χ0n) is 14.4. The zero-order valence-corrected chi connectivity index (χ0v) is 14.4. The van der Waals surface area contributed by atoms with E-state index in [1.807, 2.05) is 0 Å². The Morgan fingerprint density at radius 1 is 1.07 bits per heavy atom. The number of aromatic nitrogens is 2. The molecule has 1 fully saturated rings. The molecule has 0 bridgehead atoms. The molecule has 1 unspecified atom stereocenters. The predicted octanol–water partition coefficient (Wildman–Crippen LogP) is 4.32. The van der Waals surface area contributed by atoms with Crippen LogP contribution >= 0.6 is 0 Å². The van der Waals surface area contributed by atoms with Crippen LogP contribution < -0.4 is 4.90 Å². The van der Waals surface area contributed by atoms with Gasteiger partial charge in [0.1, 0.15) is 11.6 Å². The lowest BCUT2D eigenvalue weighted by Crippen LogP contribution is -2.30. The SMILES string of the molecule is O=C1CC(c2noc(-c3ccc(F)cc3)n2)CCCN1c1cccc(F)c1. The van der Waals surface area contributed by atoms with Gasteiger partial charge in [-0.25, -0.2) is 8.78 Å². The van der Waals surface area contributed by atoms with Crippen LogP contribution in [0.1, 0.15) is 31.0 Å². The molecule has 1 aliphatic rings. The van der Waals surface area contributed by atoms with Crippen LogP contribution in [0, 0.1) is 11.6 Å². The average molecular weight is 369 g/mol. The van der Waals surface area contributed by atoms with Crippen LogP contribution in [0.15, 0.2) is 53.1 Å². The Labute approximate surface area is 154 Å². The number of amides is 1. The summed E-state index contributed by atoms with van der Waals surface area (Å²) in [6, 6.07) is 11.8. The minimum atomic E-state index is -0.372. The molecular weight excluding hydrogens is 352 g/mol. The maximum absolute atomic E-state index is 13.5. The number of benzene rings is 2. The summed E-state index contributed by atoms with van der Waals surface area (Å²) in [6.07, 6.45) is 1.69. The third-order valence-electron chi connectivity index (χ3n) is 4.67. The van der Waals surface area contributed by atoms with Gasteiger partial charge in [0.05, 0.1) is 0 Å². The van der Waals surface area contributed by atoms with Crippen molar-refractivity contribution in [2.45, 2.75) is 25.2 Å². The maximum atomic E-state index is 13.5. The van der Waals surface area contributed by atoms with Gasteiger partial charge < -0.3 is 9.42 Å². The third kappa shape index (κ3) is 3.72. The van der Waals surface area contributed by atoms with E-state index in [1.54, 1.807) is 29.2 Å². The molecule has 5 nitrogen and oxygen atoms in total. The lowest BCUT2D eigenvalue weighted by atomic mass is 10.00. The first kappa shape index (κ1) is 17.3. The molecule has 2 aromatic carbocycles. The fourth-order valence-electron chi connectivity index (χ4n) is 3.29. The van der Waals surface area contributed by atoms with Crippen LogP contribution in [-0.4, -0.2) is 22.6 Å². The highest BCUT2D eigenvalue weighted by Gasteiger charge is 2.28. The number of hydrogen-bond acceptors (Lipinski definition) is 4.